The van der Waals surface area contributed by atoms with Crippen LogP contribution in [0.5, 0.6) is 0 Å². The number of halogens is 3. The zero-order chi connectivity index (χ0) is 16.7. The van der Waals surface area contributed by atoms with E-state index in [2.05, 4.69) is 15.3 Å². The number of carbonyl (C=O) groups is 1. The molecule has 6 nitrogen and oxygen atoms in total. The Kier molecular flexibility index (Phi) is 4.09. The predicted molar refractivity (Wildman–Crippen MR) is 80.1 cm³/mol. The second-order valence-electron chi connectivity index (χ2n) is 4.62. The van der Waals surface area contributed by atoms with Crippen LogP contribution in [0, 0.1) is 11.6 Å². The molecule has 1 unspecified atom stereocenters. The molecule has 1 atom stereocenters. The molecule has 0 fully saturated rings. The molecule has 0 saturated heterocycles. The van der Waals surface area contributed by atoms with E-state index in [0.29, 0.717) is 0 Å². The number of aromatic nitrogens is 2. The summed E-state index contributed by atoms with van der Waals surface area (Å²) in [6.45, 7) is -0.00377. The van der Waals surface area contributed by atoms with E-state index in [9.17, 15) is 18.1 Å². The van der Waals surface area contributed by atoms with Crippen LogP contribution in [0.3, 0.4) is 0 Å². The van der Waals surface area contributed by atoms with Crippen molar-refractivity contribution in [2.24, 2.45) is 0 Å². The van der Waals surface area contributed by atoms with Crippen molar-refractivity contribution in [2.45, 2.75) is 11.7 Å². The molecule has 2 heterocycles. The van der Waals surface area contributed by atoms with Crippen LogP contribution in [0.1, 0.15) is 5.56 Å². The molecule has 120 valence electrons. The van der Waals surface area contributed by atoms with Crippen LogP contribution in [0.25, 0.3) is 0 Å². The predicted octanol–water partition coefficient (Wildman–Crippen LogP) is 2.51. The second-order valence-corrected chi connectivity index (χ2v) is 6.25. The molecule has 1 N–H and O–H groups in total. The monoisotopic (exact) mass is 358 g/mol. The summed E-state index contributed by atoms with van der Waals surface area (Å²) in [7, 11) is 0. The van der Waals surface area contributed by atoms with E-state index in [1.165, 1.54) is 12.3 Å². The maximum Gasteiger partial charge on any atom is 0.345 e. The Bertz CT molecular complexity index is 786. The van der Waals surface area contributed by atoms with Gasteiger partial charge in [0.1, 0.15) is 28.7 Å². The van der Waals surface area contributed by atoms with Gasteiger partial charge in [0.05, 0.1) is 12.1 Å². The number of urea groups is 1. The SMILES string of the molecule is C[S+]([O-])c1nc(Cl)c2c(n1)N(c1c(F)cccc1F)C(=O)NC2. The van der Waals surface area contributed by atoms with Crippen molar-refractivity contribution >= 4 is 40.3 Å². The number of nitrogens with one attached hydrogen (secondary N) is 1. The third kappa shape index (κ3) is 2.71. The highest BCUT2D eigenvalue weighted by Gasteiger charge is 2.34. The summed E-state index contributed by atoms with van der Waals surface area (Å²) in [5.41, 5.74) is -0.309. The first-order chi connectivity index (χ1) is 10.9. The largest absolute Gasteiger partial charge is 0.609 e. The van der Waals surface area contributed by atoms with Gasteiger partial charge < -0.3 is 9.87 Å². The highest BCUT2D eigenvalue weighted by Crippen LogP contribution is 2.36. The van der Waals surface area contributed by atoms with Crippen molar-refractivity contribution in [3.63, 3.8) is 0 Å². The Morgan fingerprint density at radius 2 is 2.00 bits per heavy atom. The summed E-state index contributed by atoms with van der Waals surface area (Å²) in [5, 5.41) is 2.27. The molecule has 10 heteroatoms. The number of amides is 2. The Morgan fingerprint density at radius 3 is 2.61 bits per heavy atom. The zero-order valence-corrected chi connectivity index (χ0v) is 13.2. The molecule has 0 spiro atoms. The lowest BCUT2D eigenvalue weighted by Crippen LogP contribution is -2.43. The molecule has 2 aromatic rings. The van der Waals surface area contributed by atoms with E-state index in [4.69, 9.17) is 11.6 Å². The van der Waals surface area contributed by atoms with Crippen LogP contribution < -0.4 is 10.2 Å². The molecule has 0 radical (unpaired) electrons. The van der Waals surface area contributed by atoms with E-state index in [-0.39, 0.29) is 28.2 Å². The van der Waals surface area contributed by atoms with Gasteiger partial charge >= 0.3 is 11.2 Å². The first kappa shape index (κ1) is 15.9. The Morgan fingerprint density at radius 1 is 1.35 bits per heavy atom. The standard InChI is InChI=1S/C13H9ClF2N4O2S/c1-23(22)12-18-10(14)6-5-17-13(21)20(11(6)19-12)9-7(15)3-2-4-8(9)16/h2-4H,5H2,1H3,(H,17,21). The van der Waals surface area contributed by atoms with Gasteiger partial charge in [0.2, 0.25) is 0 Å². The maximum atomic E-state index is 14.1. The molecule has 2 amide bonds. The first-order valence-corrected chi connectivity index (χ1v) is 8.25. The summed E-state index contributed by atoms with van der Waals surface area (Å²) in [5.74, 6) is -1.98. The number of fused-ring (bicyclic) bond motifs is 1. The van der Waals surface area contributed by atoms with Gasteiger partial charge in [-0.05, 0) is 12.1 Å². The van der Waals surface area contributed by atoms with Gasteiger partial charge in [0, 0.05) is 11.2 Å². The summed E-state index contributed by atoms with van der Waals surface area (Å²) in [6.07, 6.45) is 1.33. The fourth-order valence-corrected chi connectivity index (χ4v) is 2.86. The van der Waals surface area contributed by atoms with Crippen molar-refractivity contribution in [3.8, 4) is 0 Å². The number of para-hydroxylation sites is 1. The number of rotatable bonds is 2. The van der Waals surface area contributed by atoms with Gasteiger partial charge in [-0.2, -0.15) is 9.97 Å². The van der Waals surface area contributed by atoms with Crippen LogP contribution >= 0.6 is 11.6 Å². The van der Waals surface area contributed by atoms with Crippen LogP contribution in [0.4, 0.5) is 25.1 Å². The zero-order valence-electron chi connectivity index (χ0n) is 11.6. The summed E-state index contributed by atoms with van der Waals surface area (Å²) < 4.78 is 39.7. The van der Waals surface area contributed by atoms with Gasteiger partial charge in [-0.15, -0.1) is 0 Å². The van der Waals surface area contributed by atoms with Crippen LogP contribution in [0.15, 0.2) is 23.4 Å². The number of hydrogen-bond donors (Lipinski definition) is 1. The lowest BCUT2D eigenvalue weighted by molar-refractivity contribution is 0.246. The van der Waals surface area contributed by atoms with Crippen LogP contribution in [-0.2, 0) is 17.7 Å². The van der Waals surface area contributed by atoms with Gasteiger partial charge in [0.15, 0.2) is 5.82 Å². The quantitative estimate of drug-likeness (QED) is 0.508. The van der Waals surface area contributed by atoms with Crippen molar-refractivity contribution in [2.75, 3.05) is 11.2 Å². The number of nitrogens with zero attached hydrogens (tertiary/aromatic N) is 3. The van der Waals surface area contributed by atoms with E-state index in [0.717, 1.165) is 17.0 Å². The highest BCUT2D eigenvalue weighted by atomic mass is 35.5. The van der Waals surface area contributed by atoms with Gasteiger partial charge in [-0.3, -0.25) is 0 Å². The van der Waals surface area contributed by atoms with Gasteiger partial charge in [-0.1, -0.05) is 17.7 Å². The molecule has 1 aliphatic rings. The minimum absolute atomic E-state index is 0.00377. The molecule has 0 saturated carbocycles. The Hall–Kier alpha value is -1.97. The lowest BCUT2D eigenvalue weighted by atomic mass is 10.2. The fourth-order valence-electron chi connectivity index (χ4n) is 2.14. The maximum absolute atomic E-state index is 14.1. The molecule has 1 aromatic heterocycles. The average molecular weight is 359 g/mol. The second kappa shape index (κ2) is 5.91. The minimum atomic E-state index is -1.58. The van der Waals surface area contributed by atoms with E-state index in [1.807, 2.05) is 0 Å². The first-order valence-electron chi connectivity index (χ1n) is 6.32. The third-order valence-electron chi connectivity index (χ3n) is 3.16. The van der Waals surface area contributed by atoms with E-state index >= 15 is 0 Å². The molecule has 23 heavy (non-hydrogen) atoms. The summed E-state index contributed by atoms with van der Waals surface area (Å²) in [6, 6.07) is 2.43. The molecule has 3 rings (SSSR count). The molecule has 0 aliphatic carbocycles. The van der Waals surface area contributed by atoms with Crippen molar-refractivity contribution in [1.29, 1.82) is 0 Å². The molecular weight excluding hydrogens is 350 g/mol. The van der Waals surface area contributed by atoms with E-state index in [1.54, 1.807) is 0 Å². The van der Waals surface area contributed by atoms with Crippen LogP contribution in [0.2, 0.25) is 5.15 Å². The summed E-state index contributed by atoms with van der Waals surface area (Å²) in [4.78, 5) is 20.8. The molecule has 0 bridgehead atoms. The minimum Gasteiger partial charge on any atom is -0.609 e. The summed E-state index contributed by atoms with van der Waals surface area (Å²) >= 11 is 4.44. The van der Waals surface area contributed by atoms with Crippen molar-refractivity contribution in [1.82, 2.24) is 15.3 Å². The number of carbonyl (C=O) groups excluding carboxylic acids is 1. The molecule has 1 aliphatic heterocycles. The van der Waals surface area contributed by atoms with Gasteiger partial charge in [-0.25, -0.2) is 18.5 Å². The topological polar surface area (TPSA) is 81.2 Å². The number of anilines is 2. The lowest BCUT2D eigenvalue weighted by Gasteiger charge is -2.29. The van der Waals surface area contributed by atoms with E-state index < -0.39 is 34.5 Å². The fraction of sp³-hybridized carbons (Fsp3) is 0.154. The average Bonchev–Trinajstić information content (AvgIpc) is 2.48. The molecule has 1 aromatic carbocycles. The smallest absolute Gasteiger partial charge is 0.345 e. The number of benzene rings is 1. The Labute approximate surface area is 137 Å². The van der Waals surface area contributed by atoms with Crippen molar-refractivity contribution in [3.05, 3.63) is 40.6 Å². The van der Waals surface area contributed by atoms with Gasteiger partial charge in [0.25, 0.3) is 0 Å². The van der Waals surface area contributed by atoms with Crippen LogP contribution in [-0.4, -0.2) is 26.8 Å². The highest BCUT2D eigenvalue weighted by molar-refractivity contribution is 7.90. The van der Waals surface area contributed by atoms with Crippen molar-refractivity contribution < 1.29 is 18.1 Å². The normalized spacial score (nSPS) is 15.2. The number of hydrogen-bond acceptors (Lipinski definition) is 4. The Balaban J connectivity index is 2.26. The third-order valence-corrected chi connectivity index (χ3v) is 4.17. The molecular formula is C13H9ClF2N4O2S.